The Labute approximate surface area is 130 Å². The molecule has 0 heterocycles. The third-order valence-corrected chi connectivity index (χ3v) is 3.05. The van der Waals surface area contributed by atoms with Gasteiger partial charge in [-0.25, -0.2) is 4.39 Å². The van der Waals surface area contributed by atoms with Crippen molar-refractivity contribution in [1.82, 2.24) is 0 Å². The summed E-state index contributed by atoms with van der Waals surface area (Å²) >= 11 is 0. The first-order valence-corrected chi connectivity index (χ1v) is 6.43. The van der Waals surface area contributed by atoms with Gasteiger partial charge in [0.15, 0.2) is 11.5 Å². The number of halogens is 1. The smallest absolute Gasteiger partial charge is 0.272 e. The number of hydrogen-bond donors (Lipinski definition) is 1. The van der Waals surface area contributed by atoms with E-state index in [1.54, 1.807) is 12.1 Å². The number of ether oxygens (including phenoxy) is 2. The van der Waals surface area contributed by atoms with Gasteiger partial charge in [0.25, 0.3) is 11.6 Å². The highest BCUT2D eigenvalue weighted by Gasteiger charge is 2.17. The van der Waals surface area contributed by atoms with Gasteiger partial charge in [-0.05, 0) is 18.2 Å². The average molecular weight is 320 g/mol. The number of anilines is 1. The van der Waals surface area contributed by atoms with Crippen LogP contribution in [0, 0.1) is 15.9 Å². The van der Waals surface area contributed by atoms with Crippen LogP contribution in [0.5, 0.6) is 11.5 Å². The Kier molecular flexibility index (Phi) is 4.75. The number of nitrogens with one attached hydrogen (secondary N) is 1. The first-order valence-electron chi connectivity index (χ1n) is 6.43. The van der Waals surface area contributed by atoms with Crippen molar-refractivity contribution < 1.29 is 23.6 Å². The van der Waals surface area contributed by atoms with Crippen LogP contribution in [0.3, 0.4) is 0 Å². The Morgan fingerprint density at radius 1 is 1.13 bits per heavy atom. The van der Waals surface area contributed by atoms with Crippen LogP contribution in [-0.2, 0) is 0 Å². The van der Waals surface area contributed by atoms with Crippen LogP contribution in [0.4, 0.5) is 15.8 Å². The number of non-ortho nitro benzene ring substituents is 1. The number of nitro groups is 1. The van der Waals surface area contributed by atoms with Gasteiger partial charge in [0.1, 0.15) is 5.82 Å². The molecule has 0 fully saturated rings. The molecule has 2 aromatic rings. The van der Waals surface area contributed by atoms with E-state index in [0.29, 0.717) is 23.3 Å². The van der Waals surface area contributed by atoms with E-state index in [-0.39, 0.29) is 5.56 Å². The first-order chi connectivity index (χ1) is 11.0. The van der Waals surface area contributed by atoms with Gasteiger partial charge in [0.2, 0.25) is 0 Å². The molecule has 0 saturated heterocycles. The van der Waals surface area contributed by atoms with Crippen LogP contribution >= 0.6 is 0 Å². The van der Waals surface area contributed by atoms with E-state index in [1.807, 2.05) is 0 Å². The summed E-state index contributed by atoms with van der Waals surface area (Å²) in [5.74, 6) is -0.830. The monoisotopic (exact) mass is 320 g/mol. The molecule has 120 valence electrons. The number of nitrogens with zero attached hydrogens (tertiary/aromatic N) is 1. The van der Waals surface area contributed by atoms with Crippen molar-refractivity contribution in [2.45, 2.75) is 0 Å². The summed E-state index contributed by atoms with van der Waals surface area (Å²) < 4.78 is 24.0. The van der Waals surface area contributed by atoms with Gasteiger partial charge in [0, 0.05) is 17.8 Å². The van der Waals surface area contributed by atoms with Gasteiger partial charge in [-0.1, -0.05) is 0 Å². The second kappa shape index (κ2) is 6.73. The number of hydrogen-bond acceptors (Lipinski definition) is 5. The van der Waals surface area contributed by atoms with Crippen molar-refractivity contribution in [3.63, 3.8) is 0 Å². The molecule has 0 aliphatic rings. The zero-order chi connectivity index (χ0) is 17.0. The lowest BCUT2D eigenvalue weighted by Gasteiger charge is -2.11. The topological polar surface area (TPSA) is 90.7 Å². The maximum absolute atomic E-state index is 13.8. The maximum Gasteiger partial charge on any atom is 0.272 e. The highest BCUT2D eigenvalue weighted by atomic mass is 19.1. The van der Waals surface area contributed by atoms with Crippen LogP contribution in [0.25, 0.3) is 0 Å². The molecule has 7 nitrogen and oxygen atoms in total. The summed E-state index contributed by atoms with van der Waals surface area (Å²) in [5.41, 5.74) is -0.360. The largest absolute Gasteiger partial charge is 0.493 e. The quantitative estimate of drug-likeness (QED) is 0.675. The zero-order valence-electron chi connectivity index (χ0n) is 12.3. The number of methoxy groups -OCH3 is 2. The van der Waals surface area contributed by atoms with Crippen molar-refractivity contribution in [3.8, 4) is 11.5 Å². The minimum Gasteiger partial charge on any atom is -0.493 e. The second-order valence-electron chi connectivity index (χ2n) is 4.45. The Hall–Kier alpha value is -3.16. The molecule has 0 bridgehead atoms. The van der Waals surface area contributed by atoms with Gasteiger partial charge < -0.3 is 14.8 Å². The highest BCUT2D eigenvalue weighted by molar-refractivity contribution is 6.04. The summed E-state index contributed by atoms with van der Waals surface area (Å²) in [7, 11) is 2.92. The maximum atomic E-state index is 13.8. The van der Waals surface area contributed by atoms with E-state index >= 15 is 0 Å². The molecule has 0 radical (unpaired) electrons. The van der Waals surface area contributed by atoms with E-state index in [0.717, 1.165) is 12.1 Å². The van der Waals surface area contributed by atoms with Crippen molar-refractivity contribution >= 4 is 17.3 Å². The molecule has 0 spiro atoms. The summed E-state index contributed by atoms with van der Waals surface area (Å²) in [4.78, 5) is 21.9. The number of benzene rings is 2. The molecule has 0 unspecified atom stereocenters. The minimum atomic E-state index is -0.975. The van der Waals surface area contributed by atoms with E-state index in [9.17, 15) is 19.3 Å². The SMILES string of the molecule is COc1ccc(NC(=O)c2ccc([N+](=O)[O-])cc2F)cc1OC. The fourth-order valence-corrected chi connectivity index (χ4v) is 1.91. The van der Waals surface area contributed by atoms with Crippen molar-refractivity contribution in [1.29, 1.82) is 0 Å². The molecule has 0 aromatic heterocycles. The predicted octanol–water partition coefficient (Wildman–Crippen LogP) is 3.00. The average Bonchev–Trinajstić information content (AvgIpc) is 2.54. The highest BCUT2D eigenvalue weighted by Crippen LogP contribution is 2.30. The molecule has 0 aliphatic carbocycles. The number of carbonyl (C=O) groups is 1. The summed E-state index contributed by atoms with van der Waals surface area (Å²) in [6, 6.07) is 7.48. The van der Waals surface area contributed by atoms with Gasteiger partial charge >= 0.3 is 0 Å². The van der Waals surface area contributed by atoms with E-state index in [4.69, 9.17) is 9.47 Å². The minimum absolute atomic E-state index is 0.301. The standard InChI is InChI=1S/C15H13FN2O5/c1-22-13-6-3-9(7-14(13)23-2)17-15(19)11-5-4-10(18(20)21)8-12(11)16/h3-8H,1-2H3,(H,17,19). The van der Waals surface area contributed by atoms with Crippen LogP contribution in [0.15, 0.2) is 36.4 Å². The molecule has 8 heteroatoms. The van der Waals surface area contributed by atoms with E-state index in [2.05, 4.69) is 5.32 Å². The summed E-state index contributed by atoms with van der Waals surface area (Å²) in [6.45, 7) is 0. The summed E-state index contributed by atoms with van der Waals surface area (Å²) in [6.07, 6.45) is 0. The molecular formula is C15H13FN2O5. The number of rotatable bonds is 5. The molecule has 0 aliphatic heterocycles. The van der Waals surface area contributed by atoms with Crippen molar-refractivity contribution in [3.05, 3.63) is 57.9 Å². The zero-order valence-corrected chi connectivity index (χ0v) is 12.3. The van der Waals surface area contributed by atoms with Gasteiger partial charge in [-0.2, -0.15) is 0 Å². The summed E-state index contributed by atoms with van der Waals surface area (Å²) in [5, 5.41) is 13.1. The first kappa shape index (κ1) is 16.2. The van der Waals surface area contributed by atoms with Crippen LogP contribution in [0.1, 0.15) is 10.4 Å². The lowest BCUT2D eigenvalue weighted by molar-refractivity contribution is -0.385. The Morgan fingerprint density at radius 3 is 2.39 bits per heavy atom. The van der Waals surface area contributed by atoms with E-state index in [1.165, 1.54) is 20.3 Å². The second-order valence-corrected chi connectivity index (χ2v) is 4.45. The molecular weight excluding hydrogens is 307 g/mol. The van der Waals surface area contributed by atoms with Crippen LogP contribution < -0.4 is 14.8 Å². The van der Waals surface area contributed by atoms with Crippen molar-refractivity contribution in [2.75, 3.05) is 19.5 Å². The molecule has 1 amide bonds. The van der Waals surface area contributed by atoms with Gasteiger partial charge in [-0.15, -0.1) is 0 Å². The predicted molar refractivity (Wildman–Crippen MR) is 80.6 cm³/mol. The van der Waals surface area contributed by atoms with Crippen LogP contribution in [0.2, 0.25) is 0 Å². The molecule has 0 saturated carbocycles. The lowest BCUT2D eigenvalue weighted by atomic mass is 10.1. The van der Waals surface area contributed by atoms with Crippen LogP contribution in [-0.4, -0.2) is 25.1 Å². The fraction of sp³-hybridized carbons (Fsp3) is 0.133. The Morgan fingerprint density at radius 2 is 1.83 bits per heavy atom. The molecule has 0 atom stereocenters. The van der Waals surface area contributed by atoms with Gasteiger partial charge in [-0.3, -0.25) is 14.9 Å². The Bertz CT molecular complexity index is 764. The molecule has 1 N–H and O–H groups in total. The van der Waals surface area contributed by atoms with E-state index < -0.39 is 22.3 Å². The molecule has 2 rings (SSSR count). The van der Waals surface area contributed by atoms with Gasteiger partial charge in [0.05, 0.1) is 30.8 Å². The normalized spacial score (nSPS) is 10.0. The molecule has 23 heavy (non-hydrogen) atoms. The number of amides is 1. The number of carbonyl (C=O) groups excluding carboxylic acids is 1. The molecule has 2 aromatic carbocycles. The Balaban J connectivity index is 2.24. The van der Waals surface area contributed by atoms with Crippen molar-refractivity contribution in [2.24, 2.45) is 0 Å². The fourth-order valence-electron chi connectivity index (χ4n) is 1.91. The third kappa shape index (κ3) is 3.54. The lowest BCUT2D eigenvalue weighted by Crippen LogP contribution is -2.14. The third-order valence-electron chi connectivity index (χ3n) is 3.05. The number of nitro benzene ring substituents is 1.